The molecule has 7 heteroatoms. The molecule has 128 valence electrons. The zero-order chi connectivity index (χ0) is 17.6. The molecule has 3 aromatic heterocycles. The maximum atomic E-state index is 11.5. The first-order valence-electron chi connectivity index (χ1n) is 7.74. The van der Waals surface area contributed by atoms with E-state index < -0.39 is 5.91 Å². The smallest absolute Gasteiger partial charge is 0.284 e. The van der Waals surface area contributed by atoms with Gasteiger partial charge in [0.15, 0.2) is 0 Å². The van der Waals surface area contributed by atoms with Crippen molar-refractivity contribution in [3.63, 3.8) is 0 Å². The lowest BCUT2D eigenvalue weighted by Gasteiger charge is -2.16. The third kappa shape index (κ3) is 4.48. The average molecular weight is 354 g/mol. The molecule has 0 saturated heterocycles. The number of amides is 1. The van der Waals surface area contributed by atoms with Gasteiger partial charge >= 0.3 is 0 Å². The average Bonchev–Trinajstić information content (AvgIpc) is 3.12. The van der Waals surface area contributed by atoms with Gasteiger partial charge in [-0.1, -0.05) is 12.1 Å². The normalized spacial score (nSPS) is 10.8. The summed E-state index contributed by atoms with van der Waals surface area (Å²) in [4.78, 5) is 23.8. The second-order valence-corrected chi connectivity index (χ2v) is 6.74. The number of rotatable bonds is 6. The lowest BCUT2D eigenvalue weighted by atomic mass is 10.2. The fraction of sp³-hybridized carbons (Fsp3) is 0.167. The summed E-state index contributed by atoms with van der Waals surface area (Å²) in [5, 5.41) is 8.71. The molecule has 0 unspecified atom stereocenters. The fourth-order valence-corrected chi connectivity index (χ4v) is 3.36. The standard InChI is InChI=1S/C18H18N4O2S/c1-22(11-13-4-3-9-19-10-13)12-14-5-2-6-15(20-14)16-7-8-17(25-16)18(23)21-24/h2-10,24H,11-12H2,1H3,(H,21,23). The summed E-state index contributed by atoms with van der Waals surface area (Å²) in [6, 6.07) is 13.3. The molecule has 0 aliphatic carbocycles. The third-order valence-electron chi connectivity index (χ3n) is 3.60. The molecule has 3 heterocycles. The van der Waals surface area contributed by atoms with Gasteiger partial charge in [-0.15, -0.1) is 11.3 Å². The Labute approximate surface area is 149 Å². The van der Waals surface area contributed by atoms with Crippen LogP contribution in [0, 0.1) is 0 Å². The minimum Gasteiger partial charge on any atom is -0.296 e. The van der Waals surface area contributed by atoms with Gasteiger partial charge in [-0.25, -0.2) is 5.48 Å². The van der Waals surface area contributed by atoms with Gasteiger partial charge in [0, 0.05) is 25.5 Å². The molecular formula is C18H18N4O2S. The largest absolute Gasteiger partial charge is 0.296 e. The molecule has 3 rings (SSSR count). The van der Waals surface area contributed by atoms with Gasteiger partial charge in [0.2, 0.25) is 0 Å². The van der Waals surface area contributed by atoms with E-state index in [1.165, 1.54) is 11.3 Å². The number of hydrogen-bond acceptors (Lipinski definition) is 6. The number of aromatic nitrogens is 2. The van der Waals surface area contributed by atoms with E-state index in [0.29, 0.717) is 11.4 Å². The molecule has 0 aromatic carbocycles. The molecule has 25 heavy (non-hydrogen) atoms. The van der Waals surface area contributed by atoms with Gasteiger partial charge in [-0.3, -0.25) is 24.9 Å². The van der Waals surface area contributed by atoms with E-state index in [4.69, 9.17) is 5.21 Å². The highest BCUT2D eigenvalue weighted by molar-refractivity contribution is 7.17. The van der Waals surface area contributed by atoms with Crippen LogP contribution in [0.25, 0.3) is 10.6 Å². The van der Waals surface area contributed by atoms with Crippen LogP contribution in [-0.4, -0.2) is 33.0 Å². The maximum absolute atomic E-state index is 11.5. The van der Waals surface area contributed by atoms with Crippen molar-refractivity contribution in [3.05, 3.63) is 71.0 Å². The van der Waals surface area contributed by atoms with Crippen molar-refractivity contribution in [2.24, 2.45) is 0 Å². The summed E-state index contributed by atoms with van der Waals surface area (Å²) < 4.78 is 0. The molecule has 6 nitrogen and oxygen atoms in total. The zero-order valence-corrected chi connectivity index (χ0v) is 14.5. The molecule has 0 fully saturated rings. The van der Waals surface area contributed by atoms with E-state index in [1.807, 2.05) is 49.6 Å². The van der Waals surface area contributed by atoms with Crippen LogP contribution in [0.1, 0.15) is 20.9 Å². The number of nitrogens with zero attached hydrogens (tertiary/aromatic N) is 3. The maximum Gasteiger partial charge on any atom is 0.284 e. The van der Waals surface area contributed by atoms with E-state index in [1.54, 1.807) is 17.7 Å². The van der Waals surface area contributed by atoms with E-state index in [0.717, 1.165) is 28.4 Å². The first kappa shape index (κ1) is 17.2. The molecular weight excluding hydrogens is 336 g/mol. The van der Waals surface area contributed by atoms with Crippen LogP contribution in [0.15, 0.2) is 54.9 Å². The van der Waals surface area contributed by atoms with Crippen molar-refractivity contribution in [1.82, 2.24) is 20.3 Å². The second-order valence-electron chi connectivity index (χ2n) is 5.65. The summed E-state index contributed by atoms with van der Waals surface area (Å²) in [7, 11) is 2.04. The first-order valence-corrected chi connectivity index (χ1v) is 8.55. The minimum absolute atomic E-state index is 0.443. The zero-order valence-electron chi connectivity index (χ0n) is 13.7. The van der Waals surface area contributed by atoms with Crippen LogP contribution < -0.4 is 5.48 Å². The highest BCUT2D eigenvalue weighted by Gasteiger charge is 2.11. The van der Waals surface area contributed by atoms with Gasteiger partial charge in [-0.2, -0.15) is 0 Å². The molecule has 2 N–H and O–H groups in total. The van der Waals surface area contributed by atoms with Crippen LogP contribution in [0.2, 0.25) is 0 Å². The molecule has 0 aliphatic heterocycles. The Morgan fingerprint density at radius 1 is 1.20 bits per heavy atom. The van der Waals surface area contributed by atoms with E-state index in [2.05, 4.69) is 14.9 Å². The van der Waals surface area contributed by atoms with E-state index in [-0.39, 0.29) is 0 Å². The summed E-state index contributed by atoms with van der Waals surface area (Å²) in [6.07, 6.45) is 3.63. The van der Waals surface area contributed by atoms with Crippen molar-refractivity contribution in [1.29, 1.82) is 0 Å². The number of thiophene rings is 1. The predicted octanol–water partition coefficient (Wildman–Crippen LogP) is 2.96. The first-order chi connectivity index (χ1) is 12.2. The number of pyridine rings is 2. The quantitative estimate of drug-likeness (QED) is 0.526. The summed E-state index contributed by atoms with van der Waals surface area (Å²) in [5.41, 5.74) is 4.56. The van der Waals surface area contributed by atoms with E-state index >= 15 is 0 Å². The van der Waals surface area contributed by atoms with Crippen molar-refractivity contribution in [2.75, 3.05) is 7.05 Å². The van der Waals surface area contributed by atoms with Crippen LogP contribution in [0.5, 0.6) is 0 Å². The van der Waals surface area contributed by atoms with Crippen LogP contribution in [-0.2, 0) is 13.1 Å². The highest BCUT2D eigenvalue weighted by Crippen LogP contribution is 2.27. The number of carbonyl (C=O) groups is 1. The number of nitrogens with one attached hydrogen (secondary N) is 1. The second kappa shape index (κ2) is 7.98. The van der Waals surface area contributed by atoms with Crippen molar-refractivity contribution in [2.45, 2.75) is 13.1 Å². The molecule has 1 amide bonds. The molecule has 0 radical (unpaired) electrons. The molecule has 0 aliphatic rings. The van der Waals surface area contributed by atoms with Gasteiger partial charge in [0.1, 0.15) is 0 Å². The predicted molar refractivity (Wildman–Crippen MR) is 96.2 cm³/mol. The van der Waals surface area contributed by atoms with Crippen LogP contribution >= 0.6 is 11.3 Å². The minimum atomic E-state index is -0.511. The molecule has 0 atom stereocenters. The van der Waals surface area contributed by atoms with Crippen molar-refractivity contribution in [3.8, 4) is 10.6 Å². The van der Waals surface area contributed by atoms with Gasteiger partial charge in [0.25, 0.3) is 5.91 Å². The summed E-state index contributed by atoms with van der Waals surface area (Å²) in [5.74, 6) is -0.511. The lowest BCUT2D eigenvalue weighted by molar-refractivity contribution is 0.0711. The van der Waals surface area contributed by atoms with Crippen LogP contribution in [0.3, 0.4) is 0 Å². The Bertz CT molecular complexity index is 851. The fourth-order valence-electron chi connectivity index (χ4n) is 2.49. The molecule has 0 saturated carbocycles. The van der Waals surface area contributed by atoms with E-state index in [9.17, 15) is 4.79 Å². The van der Waals surface area contributed by atoms with Crippen molar-refractivity contribution < 1.29 is 10.0 Å². The van der Waals surface area contributed by atoms with Gasteiger partial charge in [-0.05, 0) is 42.9 Å². The Balaban J connectivity index is 1.71. The Morgan fingerprint density at radius 2 is 2.08 bits per heavy atom. The number of hydrogen-bond donors (Lipinski definition) is 2. The number of hydroxylamine groups is 1. The molecule has 3 aromatic rings. The third-order valence-corrected chi connectivity index (χ3v) is 4.70. The van der Waals surface area contributed by atoms with Crippen molar-refractivity contribution >= 4 is 17.2 Å². The molecule has 0 spiro atoms. The highest BCUT2D eigenvalue weighted by atomic mass is 32.1. The van der Waals surface area contributed by atoms with Gasteiger partial charge in [0.05, 0.1) is 21.1 Å². The monoisotopic (exact) mass is 354 g/mol. The summed E-state index contributed by atoms with van der Waals surface area (Å²) >= 11 is 1.29. The Kier molecular flexibility index (Phi) is 5.49. The lowest BCUT2D eigenvalue weighted by Crippen LogP contribution is -2.18. The topological polar surface area (TPSA) is 78.4 Å². The summed E-state index contributed by atoms with van der Waals surface area (Å²) in [6.45, 7) is 1.50. The van der Waals surface area contributed by atoms with Gasteiger partial charge < -0.3 is 0 Å². The Morgan fingerprint density at radius 3 is 2.84 bits per heavy atom. The Hall–Kier alpha value is -2.61. The number of carbonyl (C=O) groups excluding carboxylic acids is 1. The SMILES string of the molecule is CN(Cc1cccnc1)Cc1cccc(-c2ccc(C(=O)NO)s2)n1. The van der Waals surface area contributed by atoms with Crippen LogP contribution in [0.4, 0.5) is 0 Å². The molecule has 0 bridgehead atoms.